The number of nitrogens with zero attached hydrogens (tertiary/aromatic N) is 2. The first-order valence-corrected chi connectivity index (χ1v) is 9.12. The molecule has 0 aliphatic rings. The lowest BCUT2D eigenvalue weighted by molar-refractivity contribution is -0.153. The number of aromatic nitrogens is 2. The number of alkyl halides is 6. The van der Waals surface area contributed by atoms with Crippen molar-refractivity contribution < 1.29 is 35.9 Å². The monoisotopic (exact) mass is 459 g/mol. The quantitative estimate of drug-likeness (QED) is 0.584. The maximum atomic E-state index is 13.7. The summed E-state index contributed by atoms with van der Waals surface area (Å²) in [6, 6.07) is 6.43. The van der Waals surface area contributed by atoms with Gasteiger partial charge in [0.05, 0.1) is 5.56 Å². The molecule has 1 N–H and O–H groups in total. The molecule has 6 nitrogen and oxygen atoms in total. The van der Waals surface area contributed by atoms with Crippen molar-refractivity contribution in [3.8, 4) is 16.9 Å². The molecule has 1 amide bonds. The number of fused-ring (bicyclic) bond motifs is 1. The van der Waals surface area contributed by atoms with Gasteiger partial charge in [0.25, 0.3) is 11.5 Å². The van der Waals surface area contributed by atoms with Crippen molar-refractivity contribution in [3.63, 3.8) is 0 Å². The summed E-state index contributed by atoms with van der Waals surface area (Å²) < 4.78 is 83.3. The van der Waals surface area contributed by atoms with E-state index in [1.54, 1.807) is 6.92 Å². The lowest BCUT2D eigenvalue weighted by Gasteiger charge is -2.14. The van der Waals surface area contributed by atoms with Crippen molar-refractivity contribution in [2.75, 3.05) is 13.2 Å². The number of nitrogens with one attached hydrogen (secondary N) is 1. The third-order valence-electron chi connectivity index (χ3n) is 4.24. The van der Waals surface area contributed by atoms with Gasteiger partial charge >= 0.3 is 12.4 Å². The highest BCUT2D eigenvalue weighted by Crippen LogP contribution is 2.35. The molecule has 0 aliphatic carbocycles. The summed E-state index contributed by atoms with van der Waals surface area (Å²) in [6.45, 7) is 0.378. The minimum Gasteiger partial charge on any atom is -0.484 e. The van der Waals surface area contributed by atoms with Crippen LogP contribution in [0.2, 0.25) is 0 Å². The van der Waals surface area contributed by atoms with Gasteiger partial charge in [-0.15, -0.1) is 0 Å². The van der Waals surface area contributed by atoms with Gasteiger partial charge in [-0.05, 0) is 36.8 Å². The number of pyridine rings is 1. The van der Waals surface area contributed by atoms with E-state index in [-0.39, 0.29) is 22.5 Å². The van der Waals surface area contributed by atoms with Crippen LogP contribution in [0.5, 0.6) is 5.75 Å². The second kappa shape index (κ2) is 8.52. The molecular weight excluding hydrogens is 444 g/mol. The normalized spacial score (nSPS) is 12.1. The number of carbonyl (C=O) groups is 1. The van der Waals surface area contributed by atoms with Crippen molar-refractivity contribution in [2.45, 2.75) is 19.3 Å². The average molecular weight is 459 g/mol. The Balaban J connectivity index is 2.12. The summed E-state index contributed by atoms with van der Waals surface area (Å²) in [5.74, 6) is -0.781. The molecule has 32 heavy (non-hydrogen) atoms. The summed E-state index contributed by atoms with van der Waals surface area (Å²) in [4.78, 5) is 28.4. The molecule has 2 heterocycles. The van der Waals surface area contributed by atoms with Crippen LogP contribution in [-0.2, 0) is 6.18 Å². The maximum Gasteiger partial charge on any atom is 0.434 e. The molecule has 12 heteroatoms. The number of hydrogen-bond donors (Lipinski definition) is 1. The standard InChI is InChI=1S/C20H15F6N3O3/c1-2-27-17(30)12-7-8-29-14(9-12)28-16(20(24,25)26)15(18(29)31)11-3-5-13(6-4-11)32-10-19(21,22)23/h3-9H,2,10H2,1H3,(H,27,30). The van der Waals surface area contributed by atoms with E-state index in [4.69, 9.17) is 0 Å². The van der Waals surface area contributed by atoms with Crippen LogP contribution in [0.25, 0.3) is 16.8 Å². The van der Waals surface area contributed by atoms with Crippen LogP contribution >= 0.6 is 0 Å². The minimum atomic E-state index is -5.02. The lowest BCUT2D eigenvalue weighted by Crippen LogP contribution is -2.26. The zero-order valence-corrected chi connectivity index (χ0v) is 16.3. The number of halogens is 6. The number of carbonyl (C=O) groups excluding carboxylic acids is 1. The molecule has 0 unspecified atom stereocenters. The first kappa shape index (κ1) is 23.1. The summed E-state index contributed by atoms with van der Waals surface area (Å²) in [5, 5.41) is 2.49. The molecular formula is C20H15F6N3O3. The van der Waals surface area contributed by atoms with Crippen LogP contribution in [-0.4, -0.2) is 34.6 Å². The van der Waals surface area contributed by atoms with Gasteiger partial charge in [-0.2, -0.15) is 26.3 Å². The van der Waals surface area contributed by atoms with Gasteiger partial charge in [-0.25, -0.2) is 4.98 Å². The Hall–Kier alpha value is -3.57. The fraction of sp³-hybridized carbons (Fsp3) is 0.250. The molecule has 0 saturated heterocycles. The molecule has 1 aromatic carbocycles. The van der Waals surface area contributed by atoms with Crippen molar-refractivity contribution in [2.24, 2.45) is 0 Å². The van der Waals surface area contributed by atoms with E-state index >= 15 is 0 Å². The van der Waals surface area contributed by atoms with Crippen LogP contribution < -0.4 is 15.6 Å². The number of benzene rings is 1. The number of amides is 1. The Labute approximate surface area is 176 Å². The Bertz CT molecular complexity index is 1200. The zero-order chi connectivity index (χ0) is 23.7. The fourth-order valence-corrected chi connectivity index (χ4v) is 2.89. The van der Waals surface area contributed by atoms with Crippen molar-refractivity contribution in [3.05, 3.63) is 64.2 Å². The molecule has 0 saturated carbocycles. The van der Waals surface area contributed by atoms with E-state index in [0.717, 1.165) is 40.9 Å². The zero-order valence-electron chi connectivity index (χ0n) is 16.3. The van der Waals surface area contributed by atoms with Gasteiger partial charge in [0, 0.05) is 18.3 Å². The highest BCUT2D eigenvalue weighted by Gasteiger charge is 2.38. The van der Waals surface area contributed by atoms with Crippen molar-refractivity contribution in [1.29, 1.82) is 0 Å². The highest BCUT2D eigenvalue weighted by molar-refractivity contribution is 5.95. The SMILES string of the molecule is CCNC(=O)c1ccn2c(=O)c(-c3ccc(OCC(F)(F)F)cc3)c(C(F)(F)F)nc2c1. The van der Waals surface area contributed by atoms with Gasteiger partial charge in [0.2, 0.25) is 0 Å². The molecule has 3 rings (SSSR count). The number of rotatable bonds is 5. The second-order valence-corrected chi connectivity index (χ2v) is 6.57. The maximum absolute atomic E-state index is 13.7. The van der Waals surface area contributed by atoms with Crippen LogP contribution in [0.4, 0.5) is 26.3 Å². The fourth-order valence-electron chi connectivity index (χ4n) is 2.89. The Morgan fingerprint density at radius 2 is 1.75 bits per heavy atom. The van der Waals surface area contributed by atoms with Gasteiger partial charge in [0.15, 0.2) is 12.3 Å². The molecule has 0 bridgehead atoms. The molecule has 0 radical (unpaired) electrons. The molecule has 170 valence electrons. The largest absolute Gasteiger partial charge is 0.484 e. The van der Waals surface area contributed by atoms with Crippen LogP contribution in [0.1, 0.15) is 23.0 Å². The molecule has 0 aliphatic heterocycles. The van der Waals surface area contributed by atoms with E-state index in [1.807, 2.05) is 0 Å². The van der Waals surface area contributed by atoms with E-state index in [9.17, 15) is 35.9 Å². The summed E-state index contributed by atoms with van der Waals surface area (Å²) in [6.07, 6.45) is -8.48. The van der Waals surface area contributed by atoms with E-state index < -0.39 is 41.7 Å². The molecule has 0 fully saturated rings. The number of ether oxygens (including phenoxy) is 1. The summed E-state index contributed by atoms with van der Waals surface area (Å²) in [5.41, 5.74) is -3.92. The summed E-state index contributed by atoms with van der Waals surface area (Å²) in [7, 11) is 0. The first-order valence-electron chi connectivity index (χ1n) is 9.12. The Kier molecular flexibility index (Phi) is 6.15. The van der Waals surface area contributed by atoms with Crippen molar-refractivity contribution in [1.82, 2.24) is 14.7 Å². The minimum absolute atomic E-state index is 0.0193. The molecule has 3 aromatic rings. The lowest BCUT2D eigenvalue weighted by atomic mass is 10.0. The van der Waals surface area contributed by atoms with Crippen molar-refractivity contribution >= 4 is 11.6 Å². The first-order chi connectivity index (χ1) is 14.9. The van der Waals surface area contributed by atoms with Crippen LogP contribution in [0, 0.1) is 0 Å². The van der Waals surface area contributed by atoms with E-state index in [0.29, 0.717) is 6.54 Å². The highest BCUT2D eigenvalue weighted by atomic mass is 19.4. The van der Waals surface area contributed by atoms with Gasteiger partial charge in [-0.3, -0.25) is 14.0 Å². The van der Waals surface area contributed by atoms with E-state index in [2.05, 4.69) is 15.0 Å². The predicted molar refractivity (Wildman–Crippen MR) is 101 cm³/mol. The third-order valence-corrected chi connectivity index (χ3v) is 4.24. The number of hydrogen-bond acceptors (Lipinski definition) is 4. The smallest absolute Gasteiger partial charge is 0.434 e. The predicted octanol–water partition coefficient (Wildman–Crippen LogP) is 4.07. The van der Waals surface area contributed by atoms with Gasteiger partial charge in [-0.1, -0.05) is 12.1 Å². The Morgan fingerprint density at radius 3 is 2.31 bits per heavy atom. The van der Waals surface area contributed by atoms with Crippen LogP contribution in [0.15, 0.2) is 47.4 Å². The Morgan fingerprint density at radius 1 is 1.09 bits per heavy atom. The van der Waals surface area contributed by atoms with Crippen LogP contribution in [0.3, 0.4) is 0 Å². The molecule has 2 aromatic heterocycles. The third kappa shape index (κ3) is 5.01. The second-order valence-electron chi connectivity index (χ2n) is 6.57. The molecule has 0 spiro atoms. The average Bonchev–Trinajstić information content (AvgIpc) is 2.71. The molecule has 0 atom stereocenters. The topological polar surface area (TPSA) is 72.7 Å². The summed E-state index contributed by atoms with van der Waals surface area (Å²) >= 11 is 0. The van der Waals surface area contributed by atoms with Gasteiger partial charge < -0.3 is 10.1 Å². The van der Waals surface area contributed by atoms with E-state index in [1.165, 1.54) is 6.07 Å². The van der Waals surface area contributed by atoms with Gasteiger partial charge in [0.1, 0.15) is 11.4 Å².